The molecule has 0 radical (unpaired) electrons. The van der Waals surface area contributed by atoms with Crippen molar-refractivity contribution < 1.29 is 32.6 Å². The maximum atomic E-state index is 14.6. The van der Waals surface area contributed by atoms with E-state index >= 15 is 0 Å². The Kier molecular flexibility index (Phi) is 16.3. The highest BCUT2D eigenvalue weighted by atomic mass is 19.1. The largest absolute Gasteiger partial charge is 0.491 e. The maximum Gasteiger partial charge on any atom is 0.343 e. The van der Waals surface area contributed by atoms with Gasteiger partial charge in [-0.2, -0.15) is 0 Å². The second kappa shape index (κ2) is 20.1. The predicted octanol–water partition coefficient (Wildman–Crippen LogP) is 10.1. The zero-order valence-electron chi connectivity index (χ0n) is 26.8. The van der Waals surface area contributed by atoms with Gasteiger partial charge in [0.1, 0.15) is 11.9 Å². The Morgan fingerprint density at radius 1 is 0.841 bits per heavy atom. The van der Waals surface area contributed by atoms with Gasteiger partial charge in [0, 0.05) is 0 Å². The molecule has 0 amide bonds. The molecule has 0 aliphatic heterocycles. The van der Waals surface area contributed by atoms with E-state index < -0.39 is 23.9 Å². The van der Waals surface area contributed by atoms with Crippen molar-refractivity contribution in [3.05, 3.63) is 59.4 Å². The molecule has 0 heterocycles. The van der Waals surface area contributed by atoms with Crippen molar-refractivity contribution in [3.63, 3.8) is 0 Å². The van der Waals surface area contributed by atoms with Crippen molar-refractivity contribution >= 4 is 11.9 Å². The van der Waals surface area contributed by atoms with Crippen molar-refractivity contribution in [3.8, 4) is 11.5 Å². The fourth-order valence-electron chi connectivity index (χ4n) is 5.70. The van der Waals surface area contributed by atoms with E-state index in [0.717, 1.165) is 69.4 Å². The van der Waals surface area contributed by atoms with E-state index in [-0.39, 0.29) is 23.8 Å². The fraction of sp³-hybridized carbons (Fsp3) is 0.622. The second-order valence-corrected chi connectivity index (χ2v) is 12.2. The highest BCUT2D eigenvalue weighted by Crippen LogP contribution is 2.30. The smallest absolute Gasteiger partial charge is 0.343 e. The van der Waals surface area contributed by atoms with Gasteiger partial charge in [0.2, 0.25) is 0 Å². The molecular weight excluding hydrogens is 562 g/mol. The van der Waals surface area contributed by atoms with Crippen LogP contribution in [-0.2, 0) is 16.0 Å². The Morgan fingerprint density at radius 2 is 1.50 bits per heavy atom. The number of aryl methyl sites for hydroxylation is 1. The number of alkyl halides is 1. The van der Waals surface area contributed by atoms with Crippen LogP contribution >= 0.6 is 0 Å². The molecule has 0 aromatic heterocycles. The average Bonchev–Trinajstić information content (AvgIpc) is 3.03. The molecule has 0 spiro atoms. The average molecular weight is 615 g/mol. The summed E-state index contributed by atoms with van der Waals surface area (Å²) in [6.45, 7) is 4.64. The number of halogens is 2. The van der Waals surface area contributed by atoms with Crippen LogP contribution in [-0.4, -0.2) is 30.8 Å². The first kappa shape index (κ1) is 35.5. The zero-order valence-corrected chi connectivity index (χ0v) is 26.8. The molecule has 2 aromatic carbocycles. The van der Waals surface area contributed by atoms with E-state index in [1.807, 2.05) is 19.1 Å². The number of ether oxygens (including phenoxy) is 3. The SMILES string of the molecule is CCCCCCCCCCOc1ccc(C(=O)Oc2ccc(CCC3CCC(OC(=O)[C@@H](F)CCCC)CC3)cc2)cc1F. The Morgan fingerprint density at radius 3 is 2.16 bits per heavy atom. The van der Waals surface area contributed by atoms with Gasteiger partial charge in [0.25, 0.3) is 0 Å². The summed E-state index contributed by atoms with van der Waals surface area (Å²) >= 11 is 0. The Balaban J connectivity index is 1.33. The van der Waals surface area contributed by atoms with Crippen molar-refractivity contribution in [1.82, 2.24) is 0 Å². The van der Waals surface area contributed by atoms with Crippen molar-refractivity contribution in [2.45, 2.75) is 135 Å². The van der Waals surface area contributed by atoms with Crippen molar-refractivity contribution in [2.75, 3.05) is 6.61 Å². The monoisotopic (exact) mass is 614 g/mol. The van der Waals surface area contributed by atoms with Crippen LogP contribution in [0.15, 0.2) is 42.5 Å². The maximum absolute atomic E-state index is 14.6. The summed E-state index contributed by atoms with van der Waals surface area (Å²) in [5, 5.41) is 0. The third-order valence-corrected chi connectivity index (χ3v) is 8.54. The van der Waals surface area contributed by atoms with Crippen molar-refractivity contribution in [2.24, 2.45) is 5.92 Å². The van der Waals surface area contributed by atoms with Gasteiger partial charge in [0.05, 0.1) is 12.2 Å². The molecule has 1 aliphatic carbocycles. The summed E-state index contributed by atoms with van der Waals surface area (Å²) in [4.78, 5) is 24.6. The summed E-state index contributed by atoms with van der Waals surface area (Å²) in [5.74, 6) is -0.803. The van der Waals surface area contributed by atoms with Crippen LogP contribution in [0.2, 0.25) is 0 Å². The van der Waals surface area contributed by atoms with Gasteiger partial charge in [0.15, 0.2) is 17.7 Å². The minimum atomic E-state index is -1.51. The number of hydrogen-bond donors (Lipinski definition) is 0. The molecule has 0 N–H and O–H groups in total. The summed E-state index contributed by atoms with van der Waals surface area (Å²) < 4.78 is 45.0. The standard InChI is InChI=1S/C37H52F2O5/c1-3-5-7-8-9-10-11-12-26-42-35-25-20-30(27-34(35)39)36(40)43-31-21-16-28(17-22-31)14-15-29-18-23-32(24-19-29)44-37(41)33(38)13-6-4-2/h16-17,20-22,25,27,29,32-33H,3-15,18-19,23-24,26H2,1-2H3/t29?,32?,33-/m0/s1. The molecule has 2 aromatic rings. The first-order chi connectivity index (χ1) is 21.4. The number of carbonyl (C=O) groups excluding carboxylic acids is 2. The predicted molar refractivity (Wildman–Crippen MR) is 170 cm³/mol. The number of carbonyl (C=O) groups is 2. The van der Waals surface area contributed by atoms with Gasteiger partial charge in [-0.05, 0) is 93.2 Å². The quantitative estimate of drug-likeness (QED) is 0.0844. The minimum Gasteiger partial charge on any atom is -0.491 e. The summed E-state index contributed by atoms with van der Waals surface area (Å²) in [6.07, 6.45) is 15.0. The lowest BCUT2D eigenvalue weighted by molar-refractivity contribution is -0.157. The number of hydrogen-bond acceptors (Lipinski definition) is 5. The zero-order chi connectivity index (χ0) is 31.6. The molecule has 0 unspecified atom stereocenters. The van der Waals surface area contributed by atoms with Crippen LogP contribution < -0.4 is 9.47 Å². The molecule has 0 bridgehead atoms. The van der Waals surface area contributed by atoms with Gasteiger partial charge in [-0.3, -0.25) is 0 Å². The van der Waals surface area contributed by atoms with Crippen LogP contribution in [0.4, 0.5) is 8.78 Å². The minimum absolute atomic E-state index is 0.135. The summed E-state index contributed by atoms with van der Waals surface area (Å²) in [7, 11) is 0. The first-order valence-electron chi connectivity index (χ1n) is 17.0. The molecule has 1 saturated carbocycles. The van der Waals surface area contributed by atoms with Gasteiger partial charge in [-0.1, -0.05) is 83.8 Å². The molecule has 5 nitrogen and oxygen atoms in total. The highest BCUT2D eigenvalue weighted by molar-refractivity contribution is 5.91. The van der Waals surface area contributed by atoms with E-state index in [0.29, 0.717) is 24.7 Å². The van der Waals surface area contributed by atoms with Gasteiger partial charge >= 0.3 is 11.9 Å². The van der Waals surface area contributed by atoms with E-state index in [2.05, 4.69) is 6.92 Å². The van der Waals surface area contributed by atoms with Gasteiger partial charge in [-0.25, -0.2) is 18.4 Å². The molecular formula is C37H52F2O5. The third-order valence-electron chi connectivity index (χ3n) is 8.54. The lowest BCUT2D eigenvalue weighted by atomic mass is 9.83. The van der Waals surface area contributed by atoms with Crippen LogP contribution in [0.5, 0.6) is 11.5 Å². The Hall–Kier alpha value is -2.96. The molecule has 1 aliphatic rings. The molecule has 3 rings (SSSR count). The van der Waals surface area contributed by atoms with E-state index in [1.165, 1.54) is 50.7 Å². The van der Waals surface area contributed by atoms with Gasteiger partial charge in [-0.15, -0.1) is 0 Å². The van der Waals surface area contributed by atoms with Crippen LogP contribution in [0.1, 0.15) is 133 Å². The molecule has 44 heavy (non-hydrogen) atoms. The molecule has 244 valence electrons. The lowest BCUT2D eigenvalue weighted by Crippen LogP contribution is -2.29. The van der Waals surface area contributed by atoms with Crippen molar-refractivity contribution in [1.29, 1.82) is 0 Å². The highest BCUT2D eigenvalue weighted by Gasteiger charge is 2.27. The van der Waals surface area contributed by atoms with E-state index in [1.54, 1.807) is 12.1 Å². The number of unbranched alkanes of at least 4 members (excludes halogenated alkanes) is 8. The molecule has 1 atom stereocenters. The van der Waals surface area contributed by atoms with E-state index in [4.69, 9.17) is 14.2 Å². The topological polar surface area (TPSA) is 61.8 Å². The number of benzene rings is 2. The Bertz CT molecular complexity index is 1110. The second-order valence-electron chi connectivity index (χ2n) is 12.2. The molecule has 7 heteroatoms. The normalized spacial score (nSPS) is 17.2. The Labute approximate surface area is 263 Å². The lowest BCUT2D eigenvalue weighted by Gasteiger charge is -2.28. The molecule has 1 fully saturated rings. The van der Waals surface area contributed by atoms with Gasteiger partial charge < -0.3 is 14.2 Å². The number of esters is 2. The van der Waals surface area contributed by atoms with E-state index in [9.17, 15) is 18.4 Å². The van der Waals surface area contributed by atoms with Crippen LogP contribution in [0.25, 0.3) is 0 Å². The van der Waals surface area contributed by atoms with Crippen LogP contribution in [0, 0.1) is 11.7 Å². The van der Waals surface area contributed by atoms with Crippen LogP contribution in [0.3, 0.4) is 0 Å². The molecule has 0 saturated heterocycles. The first-order valence-corrected chi connectivity index (χ1v) is 17.0. The number of rotatable bonds is 20. The summed E-state index contributed by atoms with van der Waals surface area (Å²) in [6, 6.07) is 11.6. The fourth-order valence-corrected chi connectivity index (χ4v) is 5.70. The third kappa shape index (κ3) is 13.0. The summed E-state index contributed by atoms with van der Waals surface area (Å²) in [5.41, 5.74) is 1.27.